The number of fused-ring (bicyclic) bond motifs is 1. The molecule has 1 saturated heterocycles. The summed E-state index contributed by atoms with van der Waals surface area (Å²) in [6, 6.07) is 9.03. The van der Waals surface area contributed by atoms with Crippen molar-refractivity contribution in [2.45, 2.75) is 23.5 Å². The Balaban J connectivity index is 1.72. The summed E-state index contributed by atoms with van der Waals surface area (Å²) >= 11 is 1.44. The first kappa shape index (κ1) is 16.2. The lowest BCUT2D eigenvalue weighted by molar-refractivity contribution is 0.121. The van der Waals surface area contributed by atoms with E-state index in [0.717, 1.165) is 41.0 Å². The van der Waals surface area contributed by atoms with Gasteiger partial charge in [0.05, 0.1) is 13.2 Å². The second kappa shape index (κ2) is 6.89. The van der Waals surface area contributed by atoms with Gasteiger partial charge in [-0.05, 0) is 24.8 Å². The molecule has 7 nitrogen and oxygen atoms in total. The molecular formula is C17H18N4O3S. The van der Waals surface area contributed by atoms with Gasteiger partial charge in [0.25, 0.3) is 0 Å². The summed E-state index contributed by atoms with van der Waals surface area (Å²) in [7, 11) is 0. The summed E-state index contributed by atoms with van der Waals surface area (Å²) in [4.78, 5) is 14.9. The lowest BCUT2D eigenvalue weighted by atomic mass is 10.2. The van der Waals surface area contributed by atoms with Crippen LogP contribution in [0.5, 0.6) is 0 Å². The maximum absolute atomic E-state index is 11.9. The molecule has 0 unspecified atom stereocenters. The van der Waals surface area contributed by atoms with Crippen molar-refractivity contribution in [1.82, 2.24) is 14.8 Å². The van der Waals surface area contributed by atoms with Gasteiger partial charge in [-0.1, -0.05) is 18.2 Å². The molecule has 1 aliphatic heterocycles. The van der Waals surface area contributed by atoms with E-state index in [2.05, 4.69) is 26.6 Å². The Morgan fingerprint density at radius 2 is 2.00 bits per heavy atom. The highest BCUT2D eigenvalue weighted by atomic mass is 32.2. The predicted octanol–water partition coefficient (Wildman–Crippen LogP) is 2.39. The Hall–Kier alpha value is -2.32. The van der Waals surface area contributed by atoms with E-state index in [9.17, 15) is 4.79 Å². The number of nitrogens with zero attached hydrogens (tertiary/aromatic N) is 4. The van der Waals surface area contributed by atoms with Gasteiger partial charge in [0.1, 0.15) is 5.58 Å². The Bertz CT molecular complexity index is 946. The van der Waals surface area contributed by atoms with Crippen molar-refractivity contribution in [3.05, 3.63) is 40.8 Å². The van der Waals surface area contributed by atoms with Gasteiger partial charge >= 0.3 is 5.63 Å². The van der Waals surface area contributed by atoms with Crippen LogP contribution in [-0.2, 0) is 11.3 Å². The molecule has 2 aromatic heterocycles. The number of ether oxygens (including phenoxy) is 1. The SMILES string of the molecule is CCn1c(Sc2cc(=O)oc3ccccc23)nnc1N1CCOCC1. The lowest BCUT2D eigenvalue weighted by Crippen LogP contribution is -2.38. The van der Waals surface area contributed by atoms with Gasteiger partial charge in [-0.15, -0.1) is 10.2 Å². The summed E-state index contributed by atoms with van der Waals surface area (Å²) in [5.74, 6) is 0.848. The van der Waals surface area contributed by atoms with Crippen LogP contribution in [0, 0.1) is 0 Å². The number of aromatic nitrogens is 3. The van der Waals surface area contributed by atoms with Crippen molar-refractivity contribution in [3.63, 3.8) is 0 Å². The van der Waals surface area contributed by atoms with Crippen molar-refractivity contribution in [2.75, 3.05) is 31.2 Å². The number of hydrogen-bond donors (Lipinski definition) is 0. The van der Waals surface area contributed by atoms with Gasteiger partial charge in [-0.2, -0.15) is 0 Å². The van der Waals surface area contributed by atoms with E-state index in [1.54, 1.807) is 6.07 Å². The van der Waals surface area contributed by atoms with Crippen molar-refractivity contribution in [1.29, 1.82) is 0 Å². The number of benzene rings is 1. The average Bonchev–Trinajstić information content (AvgIpc) is 3.05. The molecule has 8 heteroatoms. The molecule has 1 aliphatic rings. The molecule has 0 amide bonds. The molecule has 0 aliphatic carbocycles. The number of hydrogen-bond acceptors (Lipinski definition) is 7. The molecule has 0 bridgehead atoms. The summed E-state index contributed by atoms with van der Waals surface area (Å²) in [6.45, 7) is 5.82. The first-order valence-electron chi connectivity index (χ1n) is 8.23. The van der Waals surface area contributed by atoms with Gasteiger partial charge in [-0.3, -0.25) is 4.57 Å². The standard InChI is InChI=1S/C17H18N4O3S/c1-2-21-16(20-7-9-23-10-8-20)18-19-17(21)25-14-11-15(22)24-13-6-4-3-5-12(13)14/h3-6,11H,2,7-10H2,1H3. The normalized spacial score (nSPS) is 15.0. The Labute approximate surface area is 148 Å². The molecule has 1 aromatic carbocycles. The van der Waals surface area contributed by atoms with E-state index in [1.165, 1.54) is 17.8 Å². The Morgan fingerprint density at radius 3 is 2.80 bits per heavy atom. The number of morpholine rings is 1. The highest BCUT2D eigenvalue weighted by molar-refractivity contribution is 7.99. The molecule has 4 rings (SSSR count). The molecule has 0 N–H and O–H groups in total. The fourth-order valence-corrected chi connectivity index (χ4v) is 3.93. The van der Waals surface area contributed by atoms with Gasteiger partial charge in [0.15, 0.2) is 5.16 Å². The van der Waals surface area contributed by atoms with Crippen molar-refractivity contribution < 1.29 is 9.15 Å². The molecule has 25 heavy (non-hydrogen) atoms. The summed E-state index contributed by atoms with van der Waals surface area (Å²) in [6.07, 6.45) is 0. The molecule has 3 aromatic rings. The number of anilines is 1. The fraction of sp³-hybridized carbons (Fsp3) is 0.353. The molecule has 0 radical (unpaired) electrons. The number of para-hydroxylation sites is 1. The molecule has 0 saturated carbocycles. The maximum Gasteiger partial charge on any atom is 0.337 e. The third kappa shape index (κ3) is 3.14. The molecule has 0 atom stereocenters. The number of rotatable bonds is 4. The third-order valence-corrected chi connectivity index (χ3v) is 5.16. The van der Waals surface area contributed by atoms with Crippen LogP contribution in [0.15, 0.2) is 49.6 Å². The van der Waals surface area contributed by atoms with Crippen LogP contribution in [-0.4, -0.2) is 41.1 Å². The molecule has 0 spiro atoms. The molecular weight excluding hydrogens is 340 g/mol. The van der Waals surface area contributed by atoms with Gasteiger partial charge < -0.3 is 14.1 Å². The topological polar surface area (TPSA) is 73.4 Å². The minimum Gasteiger partial charge on any atom is -0.423 e. The van der Waals surface area contributed by atoms with Crippen LogP contribution in [0.4, 0.5) is 5.95 Å². The van der Waals surface area contributed by atoms with E-state index in [-0.39, 0.29) is 5.63 Å². The first-order chi connectivity index (χ1) is 12.3. The Morgan fingerprint density at radius 1 is 1.20 bits per heavy atom. The van der Waals surface area contributed by atoms with Crippen LogP contribution in [0.1, 0.15) is 6.92 Å². The van der Waals surface area contributed by atoms with Crippen molar-refractivity contribution >= 4 is 28.7 Å². The van der Waals surface area contributed by atoms with Crippen LogP contribution in [0.3, 0.4) is 0 Å². The van der Waals surface area contributed by atoms with Crippen LogP contribution in [0.25, 0.3) is 11.0 Å². The summed E-state index contributed by atoms with van der Waals surface area (Å²) < 4.78 is 12.7. The zero-order valence-corrected chi connectivity index (χ0v) is 14.7. The van der Waals surface area contributed by atoms with Crippen molar-refractivity contribution in [3.8, 4) is 0 Å². The van der Waals surface area contributed by atoms with Gasteiger partial charge in [0, 0.05) is 36.0 Å². The smallest absolute Gasteiger partial charge is 0.337 e. The van der Waals surface area contributed by atoms with Gasteiger partial charge in [0.2, 0.25) is 5.95 Å². The minimum atomic E-state index is -0.364. The highest BCUT2D eigenvalue weighted by Gasteiger charge is 2.20. The minimum absolute atomic E-state index is 0.364. The Kier molecular flexibility index (Phi) is 4.46. The summed E-state index contributed by atoms with van der Waals surface area (Å²) in [5, 5.41) is 10.4. The molecule has 3 heterocycles. The molecule has 1 fully saturated rings. The summed E-state index contributed by atoms with van der Waals surface area (Å²) in [5.41, 5.74) is 0.214. The van der Waals surface area contributed by atoms with Crippen LogP contribution in [0.2, 0.25) is 0 Å². The first-order valence-corrected chi connectivity index (χ1v) is 9.04. The fourth-order valence-electron chi connectivity index (χ4n) is 2.90. The quantitative estimate of drug-likeness (QED) is 0.663. The predicted molar refractivity (Wildman–Crippen MR) is 95.3 cm³/mol. The second-order valence-electron chi connectivity index (χ2n) is 5.65. The zero-order valence-electron chi connectivity index (χ0n) is 13.8. The average molecular weight is 358 g/mol. The maximum atomic E-state index is 11.9. The zero-order chi connectivity index (χ0) is 17.2. The van der Waals surface area contributed by atoms with E-state index in [0.29, 0.717) is 18.8 Å². The lowest BCUT2D eigenvalue weighted by Gasteiger charge is -2.27. The highest BCUT2D eigenvalue weighted by Crippen LogP contribution is 2.33. The largest absolute Gasteiger partial charge is 0.423 e. The molecule has 130 valence electrons. The third-order valence-electron chi connectivity index (χ3n) is 4.12. The second-order valence-corrected chi connectivity index (χ2v) is 6.66. The van der Waals surface area contributed by atoms with E-state index in [1.807, 2.05) is 18.2 Å². The van der Waals surface area contributed by atoms with E-state index in [4.69, 9.17) is 9.15 Å². The monoisotopic (exact) mass is 358 g/mol. The van der Waals surface area contributed by atoms with Crippen LogP contribution >= 0.6 is 11.8 Å². The van der Waals surface area contributed by atoms with Crippen molar-refractivity contribution in [2.24, 2.45) is 0 Å². The van der Waals surface area contributed by atoms with E-state index < -0.39 is 0 Å². The van der Waals surface area contributed by atoms with E-state index >= 15 is 0 Å². The van der Waals surface area contributed by atoms with Crippen LogP contribution < -0.4 is 10.5 Å². The van der Waals surface area contributed by atoms with Gasteiger partial charge in [-0.25, -0.2) is 4.79 Å².